The molecule has 0 spiro atoms. The SMILES string of the molecule is CN(C(=O)c1cc(F)c(Br)c(F)c1)[C@H]1COCc2[nH]c(=O)c3cc(F)ccc3c21. The van der Waals surface area contributed by atoms with Crippen molar-refractivity contribution in [3.8, 4) is 0 Å². The summed E-state index contributed by atoms with van der Waals surface area (Å²) in [5.74, 6) is -2.98. The number of aromatic nitrogens is 1. The van der Waals surface area contributed by atoms with Gasteiger partial charge in [0.1, 0.15) is 17.5 Å². The minimum Gasteiger partial charge on any atom is -0.373 e. The summed E-state index contributed by atoms with van der Waals surface area (Å²) in [6.07, 6.45) is 0. The van der Waals surface area contributed by atoms with Crippen LogP contribution in [0.3, 0.4) is 0 Å². The van der Waals surface area contributed by atoms with Crippen LogP contribution in [0.15, 0.2) is 39.6 Å². The van der Waals surface area contributed by atoms with Gasteiger partial charge in [0.05, 0.1) is 29.1 Å². The first-order valence-electron chi connectivity index (χ1n) is 8.61. The van der Waals surface area contributed by atoms with Gasteiger partial charge >= 0.3 is 0 Å². The summed E-state index contributed by atoms with van der Waals surface area (Å²) < 4.78 is 46.6. The monoisotopic (exact) mass is 466 g/mol. The van der Waals surface area contributed by atoms with Crippen LogP contribution in [-0.2, 0) is 11.3 Å². The fourth-order valence-corrected chi connectivity index (χ4v) is 3.78. The fraction of sp³-hybridized carbons (Fsp3) is 0.200. The average Bonchev–Trinajstić information content (AvgIpc) is 2.70. The van der Waals surface area contributed by atoms with E-state index < -0.39 is 35.0 Å². The smallest absolute Gasteiger partial charge is 0.256 e. The summed E-state index contributed by atoms with van der Waals surface area (Å²) in [6.45, 7) is 0.229. The van der Waals surface area contributed by atoms with Crippen molar-refractivity contribution in [1.29, 1.82) is 0 Å². The molecule has 1 aromatic heterocycles. The van der Waals surface area contributed by atoms with E-state index >= 15 is 0 Å². The number of amides is 1. The van der Waals surface area contributed by atoms with Crippen LogP contribution in [0.4, 0.5) is 13.2 Å². The van der Waals surface area contributed by atoms with Gasteiger partial charge in [0, 0.05) is 23.9 Å². The summed E-state index contributed by atoms with van der Waals surface area (Å²) in [6, 6.07) is 5.08. The van der Waals surface area contributed by atoms with Crippen molar-refractivity contribution < 1.29 is 22.7 Å². The predicted octanol–water partition coefficient (Wildman–Crippen LogP) is 4.05. The molecule has 9 heteroatoms. The highest BCUT2D eigenvalue weighted by Crippen LogP contribution is 2.34. The first kappa shape index (κ1) is 19.7. The van der Waals surface area contributed by atoms with Crippen molar-refractivity contribution in [2.45, 2.75) is 12.6 Å². The lowest BCUT2D eigenvalue weighted by molar-refractivity contribution is 0.0335. The fourth-order valence-electron chi connectivity index (χ4n) is 3.55. The topological polar surface area (TPSA) is 62.4 Å². The lowest BCUT2D eigenvalue weighted by atomic mass is 9.95. The van der Waals surface area contributed by atoms with E-state index in [2.05, 4.69) is 20.9 Å². The maximum absolute atomic E-state index is 13.9. The van der Waals surface area contributed by atoms with E-state index in [1.165, 1.54) is 24.1 Å². The van der Waals surface area contributed by atoms with E-state index in [0.29, 0.717) is 16.6 Å². The molecule has 1 N–H and O–H groups in total. The van der Waals surface area contributed by atoms with Crippen molar-refractivity contribution in [2.24, 2.45) is 0 Å². The summed E-state index contributed by atoms with van der Waals surface area (Å²) in [5, 5.41) is 0.642. The number of rotatable bonds is 2. The lowest BCUT2D eigenvalue weighted by Gasteiger charge is -2.34. The van der Waals surface area contributed by atoms with Gasteiger partial charge in [-0.15, -0.1) is 0 Å². The molecule has 0 saturated heterocycles. The molecule has 5 nitrogen and oxygen atoms in total. The number of aromatic amines is 1. The third kappa shape index (κ3) is 3.34. The highest BCUT2D eigenvalue weighted by molar-refractivity contribution is 9.10. The highest BCUT2D eigenvalue weighted by atomic mass is 79.9. The average molecular weight is 467 g/mol. The van der Waals surface area contributed by atoms with Crippen molar-refractivity contribution >= 4 is 32.6 Å². The van der Waals surface area contributed by atoms with E-state index in [0.717, 1.165) is 18.2 Å². The second kappa shape index (κ2) is 7.31. The third-order valence-corrected chi connectivity index (χ3v) is 5.74. The number of carbonyl (C=O) groups is 1. The zero-order valence-corrected chi connectivity index (χ0v) is 16.6. The van der Waals surface area contributed by atoms with Gasteiger partial charge in [-0.3, -0.25) is 9.59 Å². The minimum absolute atomic E-state index is 0.106. The molecule has 0 unspecified atom stereocenters. The van der Waals surface area contributed by atoms with Gasteiger partial charge in [-0.2, -0.15) is 0 Å². The number of ether oxygens (including phenoxy) is 1. The van der Waals surface area contributed by atoms with Crippen LogP contribution in [0.2, 0.25) is 0 Å². The van der Waals surface area contributed by atoms with Crippen LogP contribution in [0, 0.1) is 17.5 Å². The molecule has 0 bridgehead atoms. The molecule has 29 heavy (non-hydrogen) atoms. The predicted molar refractivity (Wildman–Crippen MR) is 103 cm³/mol. The van der Waals surface area contributed by atoms with Crippen LogP contribution in [0.25, 0.3) is 10.8 Å². The number of nitrogens with zero attached hydrogens (tertiary/aromatic N) is 1. The number of hydrogen-bond donors (Lipinski definition) is 1. The second-order valence-corrected chi connectivity index (χ2v) is 7.53. The second-order valence-electron chi connectivity index (χ2n) is 6.74. The molecule has 0 fully saturated rings. The number of pyridine rings is 1. The molecule has 0 saturated carbocycles. The Kier molecular flexibility index (Phi) is 4.95. The molecule has 2 aromatic carbocycles. The molecular formula is C20H14BrF3N2O3. The molecule has 1 aliphatic rings. The van der Waals surface area contributed by atoms with Gasteiger partial charge in [-0.05, 0) is 45.6 Å². The van der Waals surface area contributed by atoms with E-state index in [4.69, 9.17) is 4.74 Å². The third-order valence-electron chi connectivity index (χ3n) is 4.98. The zero-order chi connectivity index (χ0) is 20.9. The summed E-state index contributed by atoms with van der Waals surface area (Å²) in [7, 11) is 1.48. The van der Waals surface area contributed by atoms with Crippen LogP contribution in [-0.4, -0.2) is 29.4 Å². The maximum atomic E-state index is 13.9. The summed E-state index contributed by atoms with van der Waals surface area (Å²) in [4.78, 5) is 29.2. The Hall–Kier alpha value is -2.65. The molecule has 1 aliphatic heterocycles. The first-order chi connectivity index (χ1) is 13.8. The number of likely N-dealkylation sites (N-methyl/N-ethyl adjacent to an activating group) is 1. The Labute approximate surface area is 171 Å². The van der Waals surface area contributed by atoms with Gasteiger partial charge < -0.3 is 14.6 Å². The number of carbonyl (C=O) groups excluding carboxylic acids is 1. The van der Waals surface area contributed by atoms with Crippen LogP contribution in [0.5, 0.6) is 0 Å². The quantitative estimate of drug-likeness (QED) is 0.579. The molecule has 2 heterocycles. The standard InChI is InChI=1S/C20H14BrF3N2O3/c1-26(20(28)9-4-13(23)18(21)14(24)5-9)16-8-29-7-15-17(16)11-3-2-10(22)6-12(11)19(27)25-15/h2-6,16H,7-8H2,1H3,(H,25,27)/t16-/m0/s1. The number of benzene rings is 2. The number of fused-ring (bicyclic) bond motifs is 3. The van der Waals surface area contributed by atoms with Crippen molar-refractivity contribution in [3.63, 3.8) is 0 Å². The maximum Gasteiger partial charge on any atom is 0.256 e. The molecule has 1 amide bonds. The van der Waals surface area contributed by atoms with Gasteiger partial charge in [0.15, 0.2) is 0 Å². The molecule has 3 aromatic rings. The summed E-state index contributed by atoms with van der Waals surface area (Å²) in [5.41, 5.74) is 0.448. The van der Waals surface area contributed by atoms with Crippen LogP contribution in [0.1, 0.15) is 27.7 Å². The number of H-pyrrole nitrogens is 1. The highest BCUT2D eigenvalue weighted by Gasteiger charge is 2.31. The van der Waals surface area contributed by atoms with Crippen LogP contribution < -0.4 is 5.56 Å². The molecule has 1 atom stereocenters. The lowest BCUT2D eigenvalue weighted by Crippen LogP contribution is -2.37. The molecule has 4 rings (SSSR count). The van der Waals surface area contributed by atoms with E-state index in [9.17, 15) is 22.8 Å². The summed E-state index contributed by atoms with van der Waals surface area (Å²) >= 11 is 2.78. The zero-order valence-electron chi connectivity index (χ0n) is 15.1. The van der Waals surface area contributed by atoms with Gasteiger partial charge in [-0.25, -0.2) is 13.2 Å². The van der Waals surface area contributed by atoms with Crippen LogP contribution >= 0.6 is 15.9 Å². The Balaban J connectivity index is 1.82. The van der Waals surface area contributed by atoms with Crippen molar-refractivity contribution in [1.82, 2.24) is 9.88 Å². The Morgan fingerprint density at radius 1 is 1.17 bits per heavy atom. The Morgan fingerprint density at radius 2 is 1.86 bits per heavy atom. The minimum atomic E-state index is -0.896. The largest absolute Gasteiger partial charge is 0.373 e. The van der Waals surface area contributed by atoms with E-state index in [-0.39, 0.29) is 28.6 Å². The Morgan fingerprint density at radius 3 is 2.55 bits per heavy atom. The van der Waals surface area contributed by atoms with Gasteiger partial charge in [-0.1, -0.05) is 6.07 Å². The molecule has 0 radical (unpaired) electrons. The van der Waals surface area contributed by atoms with Crippen molar-refractivity contribution in [2.75, 3.05) is 13.7 Å². The number of hydrogen-bond acceptors (Lipinski definition) is 3. The first-order valence-corrected chi connectivity index (χ1v) is 9.41. The van der Waals surface area contributed by atoms with Gasteiger partial charge in [0.25, 0.3) is 11.5 Å². The van der Waals surface area contributed by atoms with Gasteiger partial charge in [0.2, 0.25) is 0 Å². The van der Waals surface area contributed by atoms with E-state index in [1.807, 2.05) is 0 Å². The van der Waals surface area contributed by atoms with Crippen molar-refractivity contribution in [3.05, 3.63) is 79.4 Å². The molecule has 150 valence electrons. The number of halogens is 4. The normalized spacial score (nSPS) is 16.0. The van der Waals surface area contributed by atoms with E-state index in [1.54, 1.807) is 0 Å². The Bertz CT molecular complexity index is 1190. The molecule has 0 aliphatic carbocycles. The molecular weight excluding hydrogens is 453 g/mol. The number of nitrogens with one attached hydrogen (secondary N) is 1.